The van der Waals surface area contributed by atoms with Crippen LogP contribution in [0.25, 0.3) is 11.1 Å². The van der Waals surface area contributed by atoms with Crippen LogP contribution in [0.3, 0.4) is 0 Å². The highest BCUT2D eigenvalue weighted by molar-refractivity contribution is 5.91. The van der Waals surface area contributed by atoms with Crippen molar-refractivity contribution >= 4 is 11.9 Å². The molecule has 0 amide bonds. The second-order valence-electron chi connectivity index (χ2n) is 11.4. The molecule has 0 atom stereocenters. The van der Waals surface area contributed by atoms with Crippen molar-refractivity contribution in [2.45, 2.75) is 77.7 Å². The minimum atomic E-state index is -0.859. The second-order valence-corrected chi connectivity index (χ2v) is 11.4. The number of hydrogen-bond acceptors (Lipinski definition) is 4. The van der Waals surface area contributed by atoms with Crippen LogP contribution in [0.5, 0.6) is 5.75 Å². The zero-order valence-electron chi connectivity index (χ0n) is 23.1. The van der Waals surface area contributed by atoms with Crippen molar-refractivity contribution in [1.82, 2.24) is 0 Å². The Morgan fingerprint density at radius 3 is 2.32 bits per heavy atom. The summed E-state index contributed by atoms with van der Waals surface area (Å²) >= 11 is 0. The Bertz CT molecular complexity index is 1330. The highest BCUT2D eigenvalue weighted by Crippen LogP contribution is 2.46. The maximum atomic E-state index is 12.4. The third-order valence-electron chi connectivity index (χ3n) is 7.69. The zero-order chi connectivity index (χ0) is 27.5. The summed E-state index contributed by atoms with van der Waals surface area (Å²) in [5.74, 6) is -0.590. The fraction of sp³-hybridized carbons (Fsp3) is 0.394. The number of aryl methyl sites for hydroxylation is 1. The first-order valence-corrected chi connectivity index (χ1v) is 13.4. The van der Waals surface area contributed by atoms with Gasteiger partial charge < -0.3 is 14.6 Å². The lowest BCUT2D eigenvalue weighted by molar-refractivity contribution is -0.136. The molecule has 0 saturated heterocycles. The number of aliphatic carboxylic acids is 1. The number of hydrogen-bond donors (Lipinski definition) is 1. The molecule has 0 fully saturated rings. The lowest BCUT2D eigenvalue weighted by Crippen LogP contribution is -2.33. The molecule has 0 aromatic heterocycles. The fourth-order valence-electron chi connectivity index (χ4n) is 5.38. The molecular weight excluding hydrogens is 476 g/mol. The van der Waals surface area contributed by atoms with Crippen LogP contribution in [-0.2, 0) is 33.4 Å². The summed E-state index contributed by atoms with van der Waals surface area (Å²) in [4.78, 5) is 23.8. The average Bonchev–Trinajstić information content (AvgIpc) is 2.89. The highest BCUT2D eigenvalue weighted by Gasteiger charge is 2.36. The van der Waals surface area contributed by atoms with E-state index in [0.717, 1.165) is 28.7 Å². The Balaban J connectivity index is 1.69. The van der Waals surface area contributed by atoms with Crippen LogP contribution in [0.15, 0.2) is 60.7 Å². The third kappa shape index (κ3) is 5.93. The number of esters is 1. The second kappa shape index (κ2) is 11.0. The van der Waals surface area contributed by atoms with Crippen molar-refractivity contribution in [3.8, 4) is 16.9 Å². The van der Waals surface area contributed by atoms with E-state index in [1.165, 1.54) is 17.5 Å². The molecule has 0 heterocycles. The van der Waals surface area contributed by atoms with Crippen LogP contribution in [0.2, 0.25) is 0 Å². The van der Waals surface area contributed by atoms with E-state index >= 15 is 0 Å². The molecule has 1 N–H and O–H groups in total. The Kier molecular flexibility index (Phi) is 7.96. The number of ether oxygens (including phenoxy) is 2. The fourth-order valence-corrected chi connectivity index (χ4v) is 5.38. The van der Waals surface area contributed by atoms with Crippen LogP contribution >= 0.6 is 0 Å². The number of carboxylic acids is 1. The van der Waals surface area contributed by atoms with Gasteiger partial charge in [0.15, 0.2) is 0 Å². The molecule has 0 aliphatic heterocycles. The molecule has 1 aliphatic rings. The van der Waals surface area contributed by atoms with Crippen LogP contribution in [-0.4, -0.2) is 23.7 Å². The Hall–Kier alpha value is -3.60. The summed E-state index contributed by atoms with van der Waals surface area (Å²) in [5.41, 5.74) is 7.05. The molecule has 0 radical (unpaired) electrons. The quantitative estimate of drug-likeness (QED) is 0.300. The summed E-state index contributed by atoms with van der Waals surface area (Å²) in [5, 5.41) is 9.32. The van der Waals surface area contributed by atoms with Crippen molar-refractivity contribution in [3.63, 3.8) is 0 Å². The van der Waals surface area contributed by atoms with Gasteiger partial charge >= 0.3 is 11.9 Å². The summed E-state index contributed by atoms with van der Waals surface area (Å²) in [6, 6.07) is 19.6. The van der Waals surface area contributed by atoms with Crippen molar-refractivity contribution in [2.75, 3.05) is 6.61 Å². The van der Waals surface area contributed by atoms with Gasteiger partial charge in [0.25, 0.3) is 0 Å². The smallest absolute Gasteiger partial charge is 0.338 e. The van der Waals surface area contributed by atoms with Gasteiger partial charge in [-0.2, -0.15) is 0 Å². The van der Waals surface area contributed by atoms with Gasteiger partial charge in [-0.1, -0.05) is 70.2 Å². The van der Waals surface area contributed by atoms with E-state index in [4.69, 9.17) is 9.47 Å². The van der Waals surface area contributed by atoms with E-state index < -0.39 is 5.97 Å². The van der Waals surface area contributed by atoms with Gasteiger partial charge in [-0.05, 0) is 83.0 Å². The van der Waals surface area contributed by atoms with Crippen molar-refractivity contribution < 1.29 is 24.2 Å². The molecule has 3 aromatic carbocycles. The van der Waals surface area contributed by atoms with Gasteiger partial charge in [0.05, 0.1) is 12.2 Å². The molecule has 200 valence electrons. The molecule has 38 heavy (non-hydrogen) atoms. The van der Waals surface area contributed by atoms with Crippen molar-refractivity contribution in [2.24, 2.45) is 0 Å². The lowest BCUT2D eigenvalue weighted by atomic mass is 9.63. The molecule has 0 saturated carbocycles. The molecule has 0 bridgehead atoms. The summed E-state index contributed by atoms with van der Waals surface area (Å²) in [6.45, 7) is 11.7. The monoisotopic (exact) mass is 514 g/mol. The minimum absolute atomic E-state index is 0.00368. The third-order valence-corrected chi connectivity index (χ3v) is 7.69. The standard InChI is InChI=1S/C33H38O5/c1-6-37-31(36)25-11-7-10-24(20-25)30-23(14-16-29(34)35)9-8-12-28(30)38-21-22-13-15-26-27(19-22)33(4,5)18-17-32(26,2)3/h7-13,15,19-20H,6,14,16-18,21H2,1-5H3,(H,34,35). The number of rotatable bonds is 9. The molecule has 0 unspecified atom stereocenters. The van der Waals surface area contributed by atoms with Gasteiger partial charge in [0.1, 0.15) is 12.4 Å². The number of fused-ring (bicyclic) bond motifs is 1. The topological polar surface area (TPSA) is 72.8 Å². The van der Waals surface area contributed by atoms with Gasteiger partial charge in [-0.25, -0.2) is 4.79 Å². The van der Waals surface area contributed by atoms with E-state index in [1.807, 2.05) is 30.3 Å². The SMILES string of the molecule is CCOC(=O)c1cccc(-c2c(CCC(=O)O)cccc2OCc2ccc3c(c2)C(C)(C)CCC3(C)C)c1. The first kappa shape index (κ1) is 27.4. The minimum Gasteiger partial charge on any atom is -0.488 e. The Morgan fingerprint density at radius 1 is 0.895 bits per heavy atom. The number of carbonyl (C=O) groups excluding carboxylic acids is 1. The molecular formula is C33H38O5. The normalized spacial score (nSPS) is 15.4. The maximum absolute atomic E-state index is 12.4. The summed E-state index contributed by atoms with van der Waals surface area (Å²) in [6.07, 6.45) is 2.67. The summed E-state index contributed by atoms with van der Waals surface area (Å²) < 4.78 is 11.6. The highest BCUT2D eigenvalue weighted by atomic mass is 16.5. The lowest BCUT2D eigenvalue weighted by Gasteiger charge is -2.42. The first-order valence-electron chi connectivity index (χ1n) is 13.4. The molecule has 3 aromatic rings. The van der Waals surface area contributed by atoms with Gasteiger partial charge in [-0.3, -0.25) is 4.79 Å². The van der Waals surface area contributed by atoms with Crippen LogP contribution in [0, 0.1) is 0 Å². The van der Waals surface area contributed by atoms with Crippen LogP contribution in [0.4, 0.5) is 0 Å². The van der Waals surface area contributed by atoms with Crippen molar-refractivity contribution in [1.29, 1.82) is 0 Å². The molecule has 1 aliphatic carbocycles. The Morgan fingerprint density at radius 2 is 1.61 bits per heavy atom. The maximum Gasteiger partial charge on any atom is 0.338 e. The molecule has 5 heteroatoms. The van der Waals surface area contributed by atoms with E-state index in [2.05, 4.69) is 45.9 Å². The predicted molar refractivity (Wildman–Crippen MR) is 150 cm³/mol. The van der Waals surface area contributed by atoms with E-state index in [9.17, 15) is 14.7 Å². The molecule has 5 nitrogen and oxygen atoms in total. The van der Waals surface area contributed by atoms with Gasteiger partial charge in [0.2, 0.25) is 0 Å². The van der Waals surface area contributed by atoms with Gasteiger partial charge in [0, 0.05) is 12.0 Å². The first-order chi connectivity index (χ1) is 18.0. The molecule has 0 spiro atoms. The van der Waals surface area contributed by atoms with Crippen molar-refractivity contribution in [3.05, 3.63) is 88.5 Å². The average molecular weight is 515 g/mol. The van der Waals surface area contributed by atoms with E-state index in [-0.39, 0.29) is 23.2 Å². The number of benzene rings is 3. The Labute approximate surface area is 225 Å². The summed E-state index contributed by atoms with van der Waals surface area (Å²) in [7, 11) is 0. The van der Waals surface area contributed by atoms with Gasteiger partial charge in [-0.15, -0.1) is 0 Å². The molecule has 4 rings (SSSR count). The number of carbonyl (C=O) groups is 2. The predicted octanol–water partition coefficient (Wildman–Crippen LogP) is 7.48. The number of carboxylic acid groups (broad SMARTS) is 1. The zero-order valence-corrected chi connectivity index (χ0v) is 23.1. The van der Waals surface area contributed by atoms with Crippen LogP contribution in [0.1, 0.15) is 86.5 Å². The van der Waals surface area contributed by atoms with E-state index in [0.29, 0.717) is 30.9 Å². The van der Waals surface area contributed by atoms with E-state index in [1.54, 1.807) is 19.1 Å². The largest absolute Gasteiger partial charge is 0.488 e. The van der Waals surface area contributed by atoms with Crippen LogP contribution < -0.4 is 4.74 Å².